The highest BCUT2D eigenvalue weighted by molar-refractivity contribution is 5.98. The van der Waals surface area contributed by atoms with Gasteiger partial charge in [-0.15, -0.1) is 0 Å². The second kappa shape index (κ2) is 3.66. The molecule has 66 valence electrons. The summed E-state index contributed by atoms with van der Waals surface area (Å²) in [6.07, 6.45) is 2.61. The molecule has 0 fully saturated rings. The summed E-state index contributed by atoms with van der Waals surface area (Å²) in [7, 11) is 1.67. The van der Waals surface area contributed by atoms with Crippen molar-refractivity contribution < 1.29 is 4.79 Å². The zero-order valence-corrected chi connectivity index (χ0v) is 6.03. The first kappa shape index (κ1) is 10.3. The van der Waals surface area contributed by atoms with Crippen molar-refractivity contribution in [3.63, 3.8) is 0 Å². The number of aryl methyl sites for hydroxylation is 1. The molecular formula is C7H12N4O. The Balaban J connectivity index is 0.00000121. The molecule has 0 aliphatic rings. The molecule has 1 rings (SSSR count). The van der Waals surface area contributed by atoms with Crippen molar-refractivity contribution >= 4 is 12.1 Å². The molecule has 0 unspecified atom stereocenters. The van der Waals surface area contributed by atoms with Gasteiger partial charge in [-0.05, 0) is 0 Å². The summed E-state index contributed by atoms with van der Waals surface area (Å²) in [4.78, 5) is 10.6. The van der Waals surface area contributed by atoms with Crippen LogP contribution in [0.2, 0.25) is 0 Å². The zero-order valence-electron chi connectivity index (χ0n) is 6.03. The van der Waals surface area contributed by atoms with Crippen molar-refractivity contribution in [2.45, 2.75) is 7.43 Å². The number of hydrogen-bond acceptors (Lipinski definition) is 3. The molecule has 0 saturated heterocycles. The van der Waals surface area contributed by atoms with Gasteiger partial charge in [0.2, 0.25) is 0 Å². The first-order valence-corrected chi connectivity index (χ1v) is 2.99. The van der Waals surface area contributed by atoms with Gasteiger partial charge in [-0.25, -0.2) is 0 Å². The average Bonchev–Trinajstić information content (AvgIpc) is 2.30. The molecule has 1 amide bonds. The molecular weight excluding hydrogens is 156 g/mol. The molecule has 5 nitrogen and oxygen atoms in total. The number of amides is 1. The van der Waals surface area contributed by atoms with Gasteiger partial charge in [-0.1, -0.05) is 7.43 Å². The van der Waals surface area contributed by atoms with Crippen molar-refractivity contribution in [3.8, 4) is 0 Å². The van der Waals surface area contributed by atoms with E-state index in [2.05, 4.69) is 5.10 Å². The van der Waals surface area contributed by atoms with Crippen LogP contribution >= 0.6 is 0 Å². The predicted octanol–water partition coefficient (Wildman–Crippen LogP) is 0.153. The smallest absolute Gasteiger partial charge is 0.269 e. The van der Waals surface area contributed by atoms with Crippen LogP contribution in [0.5, 0.6) is 0 Å². The molecule has 0 atom stereocenters. The van der Waals surface area contributed by atoms with Crippen LogP contribution in [0.4, 0.5) is 0 Å². The fourth-order valence-electron chi connectivity index (χ4n) is 0.804. The van der Waals surface area contributed by atoms with Crippen LogP contribution in [0.3, 0.4) is 0 Å². The van der Waals surface area contributed by atoms with Gasteiger partial charge in [0.1, 0.15) is 0 Å². The SMILES string of the molecule is C.Cn1cc(C=N)c(C(N)=O)n1. The maximum Gasteiger partial charge on any atom is 0.269 e. The molecule has 5 heteroatoms. The van der Waals surface area contributed by atoms with E-state index in [1.165, 1.54) is 4.68 Å². The van der Waals surface area contributed by atoms with E-state index < -0.39 is 5.91 Å². The molecule has 1 aromatic heterocycles. The third-order valence-corrected chi connectivity index (χ3v) is 1.25. The molecule has 1 aromatic rings. The minimum absolute atomic E-state index is 0. The minimum atomic E-state index is -0.607. The Hall–Kier alpha value is -1.65. The Bertz CT molecular complexity index is 302. The number of aromatic nitrogens is 2. The van der Waals surface area contributed by atoms with Crippen molar-refractivity contribution in [2.75, 3.05) is 0 Å². The lowest BCUT2D eigenvalue weighted by atomic mass is 10.2. The van der Waals surface area contributed by atoms with Crippen LogP contribution in [0, 0.1) is 5.41 Å². The van der Waals surface area contributed by atoms with E-state index in [1.54, 1.807) is 13.2 Å². The number of primary amides is 1. The van der Waals surface area contributed by atoms with Crippen molar-refractivity contribution in [1.29, 1.82) is 5.41 Å². The highest BCUT2D eigenvalue weighted by atomic mass is 16.1. The molecule has 1 heterocycles. The number of nitrogens with one attached hydrogen (secondary N) is 1. The van der Waals surface area contributed by atoms with E-state index in [-0.39, 0.29) is 13.1 Å². The van der Waals surface area contributed by atoms with Gasteiger partial charge in [-0.3, -0.25) is 9.48 Å². The summed E-state index contributed by atoms with van der Waals surface area (Å²) in [6.45, 7) is 0. The fraction of sp³-hybridized carbons (Fsp3) is 0.286. The Morgan fingerprint density at radius 1 is 1.83 bits per heavy atom. The molecule has 0 bridgehead atoms. The Labute approximate surface area is 70.7 Å². The van der Waals surface area contributed by atoms with Crippen LogP contribution in [-0.4, -0.2) is 21.9 Å². The second-order valence-corrected chi connectivity index (χ2v) is 2.12. The summed E-state index contributed by atoms with van der Waals surface area (Å²) in [5.74, 6) is -0.607. The number of nitrogens with zero attached hydrogens (tertiary/aromatic N) is 2. The van der Waals surface area contributed by atoms with Gasteiger partial charge in [0.15, 0.2) is 5.69 Å². The standard InChI is InChI=1S/C6H8N4O.CH4/c1-10-3-4(2-7)5(9-10)6(8)11;/h2-3,7H,1H3,(H2,8,11);1H4. The predicted molar refractivity (Wildman–Crippen MR) is 46.3 cm³/mol. The summed E-state index contributed by atoms with van der Waals surface area (Å²) < 4.78 is 1.44. The maximum atomic E-state index is 10.6. The summed E-state index contributed by atoms with van der Waals surface area (Å²) in [5.41, 5.74) is 5.57. The summed E-state index contributed by atoms with van der Waals surface area (Å²) in [5, 5.41) is 10.7. The quantitative estimate of drug-likeness (QED) is 0.616. The van der Waals surface area contributed by atoms with Gasteiger partial charge in [0.25, 0.3) is 5.91 Å². The van der Waals surface area contributed by atoms with Gasteiger partial charge in [0, 0.05) is 25.0 Å². The summed E-state index contributed by atoms with van der Waals surface area (Å²) >= 11 is 0. The van der Waals surface area contributed by atoms with Gasteiger partial charge >= 0.3 is 0 Å². The number of hydrogen-bond donors (Lipinski definition) is 2. The van der Waals surface area contributed by atoms with E-state index in [1.807, 2.05) is 0 Å². The van der Waals surface area contributed by atoms with E-state index >= 15 is 0 Å². The Kier molecular flexibility index (Phi) is 3.15. The first-order valence-electron chi connectivity index (χ1n) is 2.99. The van der Waals surface area contributed by atoms with Gasteiger partial charge in [0.05, 0.1) is 0 Å². The monoisotopic (exact) mass is 168 g/mol. The van der Waals surface area contributed by atoms with Crippen LogP contribution < -0.4 is 5.73 Å². The molecule has 0 aliphatic carbocycles. The topological polar surface area (TPSA) is 84.8 Å². The van der Waals surface area contributed by atoms with Crippen molar-refractivity contribution in [2.24, 2.45) is 12.8 Å². The van der Waals surface area contributed by atoms with Crippen LogP contribution in [0.25, 0.3) is 0 Å². The highest BCUT2D eigenvalue weighted by Gasteiger charge is 2.09. The largest absolute Gasteiger partial charge is 0.364 e. The van der Waals surface area contributed by atoms with Crippen molar-refractivity contribution in [1.82, 2.24) is 9.78 Å². The van der Waals surface area contributed by atoms with Gasteiger partial charge in [-0.2, -0.15) is 5.10 Å². The van der Waals surface area contributed by atoms with Gasteiger partial charge < -0.3 is 11.1 Å². The molecule has 0 aliphatic heterocycles. The Morgan fingerprint density at radius 2 is 2.42 bits per heavy atom. The molecule has 3 N–H and O–H groups in total. The number of rotatable bonds is 2. The Morgan fingerprint density at radius 3 is 2.75 bits per heavy atom. The van der Waals surface area contributed by atoms with Crippen LogP contribution in [0.1, 0.15) is 23.5 Å². The first-order chi connectivity index (χ1) is 5.15. The number of carbonyl (C=O) groups excluding carboxylic acids is 1. The van der Waals surface area contributed by atoms with Crippen LogP contribution in [-0.2, 0) is 7.05 Å². The number of nitrogens with two attached hydrogens (primary N) is 1. The van der Waals surface area contributed by atoms with E-state index in [0.717, 1.165) is 6.21 Å². The third kappa shape index (κ3) is 1.69. The lowest BCUT2D eigenvalue weighted by Gasteiger charge is -1.86. The van der Waals surface area contributed by atoms with E-state index in [9.17, 15) is 4.79 Å². The highest BCUT2D eigenvalue weighted by Crippen LogP contribution is 2.00. The third-order valence-electron chi connectivity index (χ3n) is 1.25. The zero-order chi connectivity index (χ0) is 8.43. The molecule has 0 aromatic carbocycles. The maximum absolute atomic E-state index is 10.6. The molecule has 0 saturated carbocycles. The van der Waals surface area contributed by atoms with E-state index in [0.29, 0.717) is 5.56 Å². The van der Waals surface area contributed by atoms with E-state index in [4.69, 9.17) is 11.1 Å². The second-order valence-electron chi connectivity index (χ2n) is 2.12. The molecule has 12 heavy (non-hydrogen) atoms. The molecule has 0 spiro atoms. The summed E-state index contributed by atoms with van der Waals surface area (Å²) in [6, 6.07) is 0. The molecule has 0 radical (unpaired) electrons. The minimum Gasteiger partial charge on any atom is -0.364 e. The fourth-order valence-corrected chi connectivity index (χ4v) is 0.804. The lowest BCUT2D eigenvalue weighted by Crippen LogP contribution is -2.13. The normalized spacial score (nSPS) is 8.75. The number of carbonyl (C=O) groups is 1. The van der Waals surface area contributed by atoms with Crippen molar-refractivity contribution in [3.05, 3.63) is 17.5 Å². The van der Waals surface area contributed by atoms with Crippen LogP contribution in [0.15, 0.2) is 6.20 Å². The lowest BCUT2D eigenvalue weighted by molar-refractivity contribution is 0.0995. The average molecular weight is 168 g/mol.